The van der Waals surface area contributed by atoms with E-state index >= 15 is 0 Å². The van der Waals surface area contributed by atoms with Gasteiger partial charge in [-0.2, -0.15) is 5.10 Å². The number of fused-ring (bicyclic) bond motifs is 1. The Morgan fingerprint density at radius 2 is 1.83 bits per heavy atom. The van der Waals surface area contributed by atoms with E-state index in [0.29, 0.717) is 43.5 Å². The van der Waals surface area contributed by atoms with Gasteiger partial charge in [0, 0.05) is 31.2 Å². The molecule has 126 valence electrons. The monoisotopic (exact) mass is 335 g/mol. The predicted molar refractivity (Wildman–Crippen MR) is 79.7 cm³/mol. The number of hydrogen-bond donors (Lipinski definition) is 0. The van der Waals surface area contributed by atoms with Crippen molar-refractivity contribution in [3.63, 3.8) is 0 Å². The molecule has 2 aromatic rings. The Kier molecular flexibility index (Phi) is 2.46. The van der Waals surface area contributed by atoms with Crippen LogP contribution in [-0.2, 0) is 12.0 Å². The van der Waals surface area contributed by atoms with Gasteiger partial charge in [0.25, 0.3) is 0 Å². The van der Waals surface area contributed by atoms with Crippen LogP contribution in [0.15, 0.2) is 16.9 Å². The van der Waals surface area contributed by atoms with Gasteiger partial charge in [-0.1, -0.05) is 0 Å². The second-order valence-corrected chi connectivity index (χ2v) is 7.55. The van der Waals surface area contributed by atoms with Crippen molar-refractivity contribution in [3.05, 3.63) is 51.2 Å². The van der Waals surface area contributed by atoms with Crippen LogP contribution in [0.25, 0.3) is 0 Å². The predicted octanol–water partition coefficient (Wildman–Crippen LogP) is 2.77. The molecule has 2 bridgehead atoms. The zero-order valence-corrected chi connectivity index (χ0v) is 13.2. The number of rotatable bonds is 2. The van der Waals surface area contributed by atoms with Gasteiger partial charge in [0.15, 0.2) is 0 Å². The first-order valence-electron chi connectivity index (χ1n) is 8.17. The smallest absolute Gasteiger partial charge is 0.271 e. The quantitative estimate of drug-likeness (QED) is 0.847. The summed E-state index contributed by atoms with van der Waals surface area (Å²) in [5.41, 5.74) is -1.47. The average molecular weight is 335 g/mol. The van der Waals surface area contributed by atoms with Gasteiger partial charge in [0.05, 0.1) is 11.6 Å². The molecule has 1 aromatic carbocycles. The molecule has 2 heterocycles. The van der Waals surface area contributed by atoms with Gasteiger partial charge in [-0.3, -0.25) is 4.57 Å². The molecule has 0 saturated heterocycles. The lowest BCUT2D eigenvalue weighted by Crippen LogP contribution is -2.72. The molecule has 0 N–H and O–H groups in total. The summed E-state index contributed by atoms with van der Waals surface area (Å²) in [6.45, 7) is 1.38. The lowest BCUT2D eigenvalue weighted by atomic mass is 9.47. The molecule has 4 aliphatic rings. The van der Waals surface area contributed by atoms with Crippen LogP contribution in [0.4, 0.5) is 13.2 Å². The van der Waals surface area contributed by atoms with E-state index in [9.17, 15) is 18.0 Å². The Balaban J connectivity index is 1.58. The van der Waals surface area contributed by atoms with E-state index in [2.05, 4.69) is 5.10 Å². The summed E-state index contributed by atoms with van der Waals surface area (Å²) < 4.78 is 44.5. The summed E-state index contributed by atoms with van der Waals surface area (Å²) in [6.07, 6.45) is 2.18. The van der Waals surface area contributed by atoms with Gasteiger partial charge in [0.2, 0.25) is 0 Å². The maximum absolute atomic E-state index is 13.9. The number of hydrogen-bond acceptors (Lipinski definition) is 2. The van der Waals surface area contributed by atoms with Crippen LogP contribution in [-0.4, -0.2) is 20.0 Å². The van der Waals surface area contributed by atoms with Gasteiger partial charge in [-0.25, -0.2) is 22.6 Å². The molecular weight excluding hydrogens is 319 g/mol. The molecule has 4 nitrogen and oxygen atoms in total. The minimum absolute atomic E-state index is 0.0258. The largest absolute Gasteiger partial charge is 0.347 e. The lowest BCUT2D eigenvalue weighted by Gasteiger charge is -2.64. The molecule has 0 spiro atoms. The highest BCUT2D eigenvalue weighted by Gasteiger charge is 2.71. The maximum Gasteiger partial charge on any atom is 0.347 e. The van der Waals surface area contributed by atoms with Crippen LogP contribution in [0.1, 0.15) is 48.7 Å². The van der Waals surface area contributed by atoms with Crippen molar-refractivity contribution in [2.75, 3.05) is 0 Å². The standard InChI is InChI=1S/C17H16F3N3O/c1-9-11(18)4-10(5-12(9)19)13-2-3-14-21-23(15(24)22(13)14)17-6-16(20,7-17)8-17/h4-5,13H,2-3,6-8H2,1H3. The van der Waals surface area contributed by atoms with E-state index in [1.54, 1.807) is 0 Å². The van der Waals surface area contributed by atoms with Crippen LogP contribution in [0.5, 0.6) is 0 Å². The molecule has 7 heteroatoms. The highest BCUT2D eigenvalue weighted by molar-refractivity contribution is 5.30. The first-order valence-corrected chi connectivity index (χ1v) is 8.17. The molecule has 6 rings (SSSR count). The van der Waals surface area contributed by atoms with E-state index < -0.39 is 28.9 Å². The van der Waals surface area contributed by atoms with Crippen LogP contribution in [0.3, 0.4) is 0 Å². The number of alkyl halides is 1. The Morgan fingerprint density at radius 1 is 1.21 bits per heavy atom. The fourth-order valence-corrected chi connectivity index (χ4v) is 4.62. The zero-order chi connectivity index (χ0) is 16.9. The second kappa shape index (κ2) is 4.13. The summed E-state index contributed by atoms with van der Waals surface area (Å²) in [4.78, 5) is 12.8. The molecule has 1 aliphatic heterocycles. The van der Waals surface area contributed by atoms with Crippen LogP contribution >= 0.6 is 0 Å². The number of aryl methyl sites for hydroxylation is 1. The molecular formula is C17H16F3N3O. The number of benzene rings is 1. The number of aromatic nitrogens is 3. The highest BCUT2D eigenvalue weighted by atomic mass is 19.1. The van der Waals surface area contributed by atoms with Gasteiger partial charge in [-0.05, 0) is 31.0 Å². The van der Waals surface area contributed by atoms with E-state index in [1.165, 1.54) is 28.3 Å². The van der Waals surface area contributed by atoms with Crippen molar-refractivity contribution in [1.82, 2.24) is 14.3 Å². The summed E-state index contributed by atoms with van der Waals surface area (Å²) in [5, 5.41) is 4.40. The average Bonchev–Trinajstić information content (AvgIpc) is 3.01. The van der Waals surface area contributed by atoms with Crippen molar-refractivity contribution < 1.29 is 13.2 Å². The molecule has 3 aliphatic carbocycles. The third kappa shape index (κ3) is 1.60. The SMILES string of the molecule is Cc1c(F)cc(C2CCc3nn(C45CC(F)(C4)C5)c(=O)n32)cc1F. The minimum atomic E-state index is -1.11. The van der Waals surface area contributed by atoms with Crippen molar-refractivity contribution in [1.29, 1.82) is 0 Å². The molecule has 1 aromatic heterocycles. The topological polar surface area (TPSA) is 39.8 Å². The second-order valence-electron chi connectivity index (χ2n) is 7.55. The molecule has 0 amide bonds. The van der Waals surface area contributed by atoms with Crippen molar-refractivity contribution >= 4 is 0 Å². The van der Waals surface area contributed by atoms with Gasteiger partial charge < -0.3 is 0 Å². The van der Waals surface area contributed by atoms with Crippen molar-refractivity contribution in [2.24, 2.45) is 0 Å². The molecule has 1 atom stereocenters. The van der Waals surface area contributed by atoms with Crippen LogP contribution in [0, 0.1) is 18.6 Å². The first-order chi connectivity index (χ1) is 11.3. The van der Waals surface area contributed by atoms with E-state index in [4.69, 9.17) is 0 Å². The third-order valence-corrected chi connectivity index (χ3v) is 5.91. The Labute approximate surface area is 135 Å². The van der Waals surface area contributed by atoms with Crippen molar-refractivity contribution in [3.8, 4) is 0 Å². The third-order valence-electron chi connectivity index (χ3n) is 5.91. The van der Waals surface area contributed by atoms with Crippen molar-refractivity contribution in [2.45, 2.75) is 56.3 Å². The summed E-state index contributed by atoms with van der Waals surface area (Å²) >= 11 is 0. The highest BCUT2D eigenvalue weighted by Crippen LogP contribution is 2.66. The normalized spacial score (nSPS) is 33.1. The molecule has 24 heavy (non-hydrogen) atoms. The summed E-state index contributed by atoms with van der Waals surface area (Å²) in [7, 11) is 0. The Bertz CT molecular complexity index is 902. The Hall–Kier alpha value is -2.05. The molecule has 3 saturated carbocycles. The van der Waals surface area contributed by atoms with Crippen LogP contribution < -0.4 is 5.69 Å². The zero-order valence-electron chi connectivity index (χ0n) is 13.2. The fourth-order valence-electron chi connectivity index (χ4n) is 4.62. The van der Waals surface area contributed by atoms with E-state index in [0.717, 1.165) is 0 Å². The number of nitrogens with zero attached hydrogens (tertiary/aromatic N) is 3. The van der Waals surface area contributed by atoms with E-state index in [1.807, 2.05) is 0 Å². The first kappa shape index (κ1) is 14.3. The number of halogens is 3. The maximum atomic E-state index is 13.9. The van der Waals surface area contributed by atoms with E-state index in [-0.39, 0.29) is 11.3 Å². The molecule has 0 radical (unpaired) electrons. The Morgan fingerprint density at radius 3 is 2.42 bits per heavy atom. The van der Waals surface area contributed by atoms with Gasteiger partial charge in [0.1, 0.15) is 23.1 Å². The lowest BCUT2D eigenvalue weighted by molar-refractivity contribution is -0.205. The molecule has 3 fully saturated rings. The minimum Gasteiger partial charge on any atom is -0.271 e. The summed E-state index contributed by atoms with van der Waals surface area (Å²) in [6, 6.07) is 2.16. The summed E-state index contributed by atoms with van der Waals surface area (Å²) in [5.74, 6) is -0.612. The van der Waals surface area contributed by atoms with Gasteiger partial charge >= 0.3 is 5.69 Å². The molecule has 1 unspecified atom stereocenters. The fraction of sp³-hybridized carbons (Fsp3) is 0.529. The van der Waals surface area contributed by atoms with Gasteiger partial charge in [-0.15, -0.1) is 0 Å². The van der Waals surface area contributed by atoms with Crippen LogP contribution in [0.2, 0.25) is 0 Å².